The van der Waals surface area contributed by atoms with E-state index in [4.69, 9.17) is 9.47 Å². The number of hydrogen-bond acceptors (Lipinski definition) is 6. The topological polar surface area (TPSA) is 108 Å². The van der Waals surface area contributed by atoms with E-state index in [1.807, 2.05) is 6.92 Å². The van der Waals surface area contributed by atoms with Crippen molar-refractivity contribution in [3.05, 3.63) is 46.9 Å². The second kappa shape index (κ2) is 10.9. The third-order valence-corrected chi connectivity index (χ3v) is 8.28. The molecule has 1 aliphatic rings. The van der Waals surface area contributed by atoms with Gasteiger partial charge >= 0.3 is 6.03 Å². The second-order valence-electron chi connectivity index (χ2n) is 8.37. The number of fused-ring (bicyclic) bond motifs is 1. The lowest BCUT2D eigenvalue weighted by atomic mass is 10.0. The lowest BCUT2D eigenvalue weighted by Gasteiger charge is -2.37. The molecule has 0 spiro atoms. The first-order chi connectivity index (χ1) is 16.1. The number of urea groups is 1. The van der Waals surface area contributed by atoms with Crippen LogP contribution in [0.15, 0.2) is 51.8 Å². The van der Waals surface area contributed by atoms with Gasteiger partial charge in [0.15, 0.2) is 0 Å². The Kier molecular flexibility index (Phi) is 8.45. The van der Waals surface area contributed by atoms with Gasteiger partial charge in [0.2, 0.25) is 10.0 Å². The summed E-state index contributed by atoms with van der Waals surface area (Å²) in [6.45, 7) is 3.58. The molecule has 0 radical (unpaired) electrons. The van der Waals surface area contributed by atoms with Crippen LogP contribution >= 0.6 is 15.9 Å². The summed E-state index contributed by atoms with van der Waals surface area (Å²) in [6, 6.07) is 10.8. The standard InChI is InChI=1S/C23H30BrN3O6S/c1-15-12-27(16(2)14-28)34(30,31)22-10-5-17(24)11-20(22)33-21(15)13-26(3)23(29)25-18-6-8-19(32-4)9-7-18/h5-11,15-16,21,28H,12-14H2,1-4H3,(H,25,29)/t15-,16+,21+/m0/s1. The number of amides is 2. The maximum absolute atomic E-state index is 13.4. The summed E-state index contributed by atoms with van der Waals surface area (Å²) in [7, 11) is -0.670. The molecule has 2 amide bonds. The van der Waals surface area contributed by atoms with E-state index in [2.05, 4.69) is 21.2 Å². The van der Waals surface area contributed by atoms with Gasteiger partial charge in [0.05, 0.1) is 20.3 Å². The first kappa shape index (κ1) is 26.3. The zero-order chi connectivity index (χ0) is 25.0. The fraction of sp³-hybridized carbons (Fsp3) is 0.435. The summed E-state index contributed by atoms with van der Waals surface area (Å²) in [6.07, 6.45) is -0.497. The van der Waals surface area contributed by atoms with E-state index in [0.29, 0.717) is 15.9 Å². The van der Waals surface area contributed by atoms with Crippen LogP contribution < -0.4 is 14.8 Å². The van der Waals surface area contributed by atoms with Crippen molar-refractivity contribution in [3.63, 3.8) is 0 Å². The Labute approximate surface area is 208 Å². The van der Waals surface area contributed by atoms with Gasteiger partial charge in [-0.1, -0.05) is 22.9 Å². The summed E-state index contributed by atoms with van der Waals surface area (Å²) in [5.74, 6) is 0.613. The van der Waals surface area contributed by atoms with Gasteiger partial charge in [0, 0.05) is 35.7 Å². The number of nitrogens with zero attached hydrogens (tertiary/aromatic N) is 2. The monoisotopic (exact) mass is 555 g/mol. The molecule has 0 aromatic heterocycles. The van der Waals surface area contributed by atoms with Gasteiger partial charge < -0.3 is 24.8 Å². The highest BCUT2D eigenvalue weighted by Gasteiger charge is 2.38. The number of rotatable bonds is 6. The van der Waals surface area contributed by atoms with Crippen LogP contribution in [0.25, 0.3) is 0 Å². The van der Waals surface area contributed by atoms with Gasteiger partial charge in [-0.05, 0) is 49.4 Å². The van der Waals surface area contributed by atoms with E-state index in [1.165, 1.54) is 15.3 Å². The molecule has 1 heterocycles. The zero-order valence-corrected chi connectivity index (χ0v) is 22.0. The van der Waals surface area contributed by atoms with E-state index in [-0.39, 0.29) is 42.3 Å². The molecule has 186 valence electrons. The fourth-order valence-corrected chi connectivity index (χ4v) is 5.83. The third-order valence-electron chi connectivity index (χ3n) is 5.77. The number of sulfonamides is 1. The number of halogens is 1. The summed E-state index contributed by atoms with van der Waals surface area (Å²) >= 11 is 3.38. The van der Waals surface area contributed by atoms with Crippen molar-refractivity contribution in [2.75, 3.05) is 39.2 Å². The summed E-state index contributed by atoms with van der Waals surface area (Å²) in [5, 5.41) is 12.5. The molecule has 0 aliphatic carbocycles. The van der Waals surface area contributed by atoms with Crippen molar-refractivity contribution in [1.82, 2.24) is 9.21 Å². The van der Waals surface area contributed by atoms with Crippen molar-refractivity contribution >= 4 is 37.7 Å². The average molecular weight is 556 g/mol. The number of aliphatic hydroxyl groups is 1. The normalized spacial score (nSPS) is 20.8. The van der Waals surface area contributed by atoms with Crippen molar-refractivity contribution in [2.45, 2.75) is 30.9 Å². The minimum atomic E-state index is -3.89. The zero-order valence-electron chi connectivity index (χ0n) is 19.6. The Bertz CT molecular complexity index is 1110. The van der Waals surface area contributed by atoms with Crippen LogP contribution in [0.5, 0.6) is 11.5 Å². The Hall–Kier alpha value is -2.34. The molecule has 3 atom stereocenters. The van der Waals surface area contributed by atoms with Crippen molar-refractivity contribution in [3.8, 4) is 11.5 Å². The van der Waals surface area contributed by atoms with Crippen molar-refractivity contribution in [1.29, 1.82) is 0 Å². The molecule has 0 unspecified atom stereocenters. The van der Waals surface area contributed by atoms with Crippen LogP contribution in [0.2, 0.25) is 0 Å². The molecule has 1 aliphatic heterocycles. The number of methoxy groups -OCH3 is 1. The second-order valence-corrected chi connectivity index (χ2v) is 11.1. The highest BCUT2D eigenvalue weighted by molar-refractivity contribution is 9.10. The van der Waals surface area contributed by atoms with Crippen LogP contribution in [0.4, 0.5) is 10.5 Å². The van der Waals surface area contributed by atoms with Gasteiger partial charge in [-0.15, -0.1) is 0 Å². The van der Waals surface area contributed by atoms with E-state index < -0.39 is 22.2 Å². The molecule has 0 saturated carbocycles. The minimum Gasteiger partial charge on any atom is -0.497 e. The van der Waals surface area contributed by atoms with Crippen LogP contribution in [0, 0.1) is 5.92 Å². The predicted octanol–water partition coefficient (Wildman–Crippen LogP) is 3.39. The van der Waals surface area contributed by atoms with E-state index in [9.17, 15) is 18.3 Å². The largest absolute Gasteiger partial charge is 0.497 e. The number of hydrogen-bond donors (Lipinski definition) is 2. The highest BCUT2D eigenvalue weighted by atomic mass is 79.9. The number of carbonyl (C=O) groups excluding carboxylic acids is 1. The van der Waals surface area contributed by atoms with Gasteiger partial charge in [0.1, 0.15) is 22.5 Å². The first-order valence-electron chi connectivity index (χ1n) is 10.8. The molecule has 0 fully saturated rings. The number of anilines is 1. The maximum atomic E-state index is 13.4. The van der Waals surface area contributed by atoms with E-state index >= 15 is 0 Å². The molecular formula is C23H30BrN3O6S. The number of benzene rings is 2. The van der Waals surface area contributed by atoms with Crippen molar-refractivity contribution < 1.29 is 27.8 Å². The Morgan fingerprint density at radius 2 is 2.00 bits per heavy atom. The SMILES string of the molecule is COc1ccc(NC(=O)N(C)C[C@H]2Oc3cc(Br)ccc3S(=O)(=O)N([C@H](C)CO)C[C@@H]2C)cc1. The summed E-state index contributed by atoms with van der Waals surface area (Å²) in [4.78, 5) is 14.3. The van der Waals surface area contributed by atoms with E-state index in [1.54, 1.807) is 57.5 Å². The maximum Gasteiger partial charge on any atom is 0.321 e. The number of likely N-dealkylation sites (N-methyl/N-ethyl adjacent to an activating group) is 1. The smallest absolute Gasteiger partial charge is 0.321 e. The Balaban J connectivity index is 1.85. The third kappa shape index (κ3) is 5.83. The molecule has 2 aromatic rings. The van der Waals surface area contributed by atoms with Gasteiger partial charge in [-0.25, -0.2) is 13.2 Å². The summed E-state index contributed by atoms with van der Waals surface area (Å²) in [5.41, 5.74) is 0.618. The Morgan fingerprint density at radius 3 is 2.62 bits per heavy atom. The van der Waals surface area contributed by atoms with Gasteiger partial charge in [0.25, 0.3) is 0 Å². The molecule has 9 nitrogen and oxygen atoms in total. The number of carbonyl (C=O) groups is 1. The molecule has 3 rings (SSSR count). The lowest BCUT2D eigenvalue weighted by Crippen LogP contribution is -2.50. The molecule has 0 saturated heterocycles. The molecule has 2 N–H and O–H groups in total. The van der Waals surface area contributed by atoms with Gasteiger partial charge in [-0.2, -0.15) is 4.31 Å². The molecule has 2 aromatic carbocycles. The average Bonchev–Trinajstić information content (AvgIpc) is 2.81. The number of ether oxygens (including phenoxy) is 2. The Morgan fingerprint density at radius 1 is 1.32 bits per heavy atom. The summed E-state index contributed by atoms with van der Waals surface area (Å²) < 4.78 is 40.0. The highest BCUT2D eigenvalue weighted by Crippen LogP contribution is 2.35. The van der Waals surface area contributed by atoms with Gasteiger partial charge in [-0.3, -0.25) is 0 Å². The first-order valence-corrected chi connectivity index (χ1v) is 13.0. The molecular weight excluding hydrogens is 526 g/mol. The minimum absolute atomic E-state index is 0.0261. The number of nitrogens with one attached hydrogen (secondary N) is 1. The van der Waals surface area contributed by atoms with Crippen molar-refractivity contribution in [2.24, 2.45) is 5.92 Å². The molecule has 0 bridgehead atoms. The fourth-order valence-electron chi connectivity index (χ4n) is 3.66. The van der Waals surface area contributed by atoms with Crippen LogP contribution in [0.3, 0.4) is 0 Å². The lowest BCUT2D eigenvalue weighted by molar-refractivity contribution is 0.0829. The van der Waals surface area contributed by atoms with Crippen LogP contribution in [0.1, 0.15) is 13.8 Å². The quantitative estimate of drug-likeness (QED) is 0.565. The molecule has 11 heteroatoms. The van der Waals surface area contributed by atoms with Crippen LogP contribution in [-0.4, -0.2) is 74.8 Å². The molecule has 34 heavy (non-hydrogen) atoms. The van der Waals surface area contributed by atoms with E-state index in [0.717, 1.165) is 0 Å². The van der Waals surface area contributed by atoms with Crippen LogP contribution in [-0.2, 0) is 10.0 Å². The predicted molar refractivity (Wildman–Crippen MR) is 133 cm³/mol. The number of aliphatic hydroxyl groups excluding tert-OH is 1.